The second-order valence-electron chi connectivity index (χ2n) is 8.32. The number of anilines is 1. The molecule has 1 atom stereocenters. The number of hydrogen-bond acceptors (Lipinski definition) is 7. The summed E-state index contributed by atoms with van der Waals surface area (Å²) in [5.74, 6) is 0.242. The van der Waals surface area contributed by atoms with Crippen LogP contribution >= 0.6 is 0 Å². The van der Waals surface area contributed by atoms with Crippen LogP contribution in [0.2, 0.25) is 0 Å². The zero-order valence-electron chi connectivity index (χ0n) is 20.3. The number of carbonyl (C=O) groups excluding carboxylic acids is 1. The molecular formula is C25H27N3O7S2. The largest absolute Gasteiger partial charge is 0.492 e. The standard InChI is InChI=1S/C25H27N3O7S2/c1-27(2)36(30,31)21-14-12-19(13-15-21)34-17-16-26-25(29)24-18-28(22-10-6-7-11-23(22)35-24)37(32,33)20-8-4-3-5-9-20/h3-15,24H,16-18H2,1-2H3,(H,26,29). The quantitative estimate of drug-likeness (QED) is 0.409. The Bertz CT molecular complexity index is 1460. The summed E-state index contributed by atoms with van der Waals surface area (Å²) in [5, 5.41) is 2.70. The van der Waals surface area contributed by atoms with E-state index in [1.54, 1.807) is 42.5 Å². The number of para-hydroxylation sites is 2. The van der Waals surface area contributed by atoms with Gasteiger partial charge in [-0.2, -0.15) is 0 Å². The Kier molecular flexibility index (Phi) is 7.71. The summed E-state index contributed by atoms with van der Waals surface area (Å²) in [4.78, 5) is 13.1. The highest BCUT2D eigenvalue weighted by atomic mass is 32.2. The lowest BCUT2D eigenvalue weighted by Gasteiger charge is -2.34. The first-order valence-corrected chi connectivity index (χ1v) is 14.3. The van der Waals surface area contributed by atoms with E-state index >= 15 is 0 Å². The van der Waals surface area contributed by atoms with Gasteiger partial charge in [-0.15, -0.1) is 0 Å². The molecule has 0 saturated heterocycles. The van der Waals surface area contributed by atoms with E-state index in [0.717, 1.165) is 4.31 Å². The van der Waals surface area contributed by atoms with Crippen LogP contribution in [0.4, 0.5) is 5.69 Å². The molecule has 0 spiro atoms. The molecule has 12 heteroatoms. The third-order valence-corrected chi connectivity index (χ3v) is 9.25. The highest BCUT2D eigenvalue weighted by Crippen LogP contribution is 2.36. The Morgan fingerprint density at radius 3 is 2.27 bits per heavy atom. The fourth-order valence-electron chi connectivity index (χ4n) is 3.66. The second kappa shape index (κ2) is 10.8. The van der Waals surface area contributed by atoms with Crippen LogP contribution in [0, 0.1) is 0 Å². The first-order valence-electron chi connectivity index (χ1n) is 11.4. The predicted molar refractivity (Wildman–Crippen MR) is 138 cm³/mol. The van der Waals surface area contributed by atoms with E-state index in [-0.39, 0.29) is 35.2 Å². The molecule has 37 heavy (non-hydrogen) atoms. The molecule has 1 aliphatic heterocycles. The maximum Gasteiger partial charge on any atom is 0.264 e. The summed E-state index contributed by atoms with van der Waals surface area (Å²) in [5.41, 5.74) is 0.360. The van der Waals surface area contributed by atoms with Crippen molar-refractivity contribution < 1.29 is 31.1 Å². The summed E-state index contributed by atoms with van der Waals surface area (Å²) in [6.45, 7) is 0.0487. The van der Waals surface area contributed by atoms with Crippen molar-refractivity contribution in [3.8, 4) is 11.5 Å². The first kappa shape index (κ1) is 26.5. The highest BCUT2D eigenvalue weighted by molar-refractivity contribution is 7.92. The molecule has 1 amide bonds. The minimum Gasteiger partial charge on any atom is -0.492 e. The van der Waals surface area contributed by atoms with Crippen molar-refractivity contribution in [3.63, 3.8) is 0 Å². The van der Waals surface area contributed by atoms with E-state index in [2.05, 4.69) is 5.32 Å². The SMILES string of the molecule is CN(C)S(=O)(=O)c1ccc(OCCNC(=O)C2CN(S(=O)(=O)c3ccccc3)c3ccccc3O2)cc1. The average Bonchev–Trinajstić information content (AvgIpc) is 2.91. The van der Waals surface area contributed by atoms with Gasteiger partial charge >= 0.3 is 0 Å². The minimum absolute atomic E-state index is 0.112. The highest BCUT2D eigenvalue weighted by Gasteiger charge is 2.37. The minimum atomic E-state index is -3.92. The molecule has 196 valence electrons. The Morgan fingerprint density at radius 1 is 0.946 bits per heavy atom. The molecule has 3 aromatic rings. The first-order chi connectivity index (χ1) is 17.6. The molecule has 0 bridgehead atoms. The van der Waals surface area contributed by atoms with Crippen molar-refractivity contribution in [1.29, 1.82) is 0 Å². The molecule has 4 rings (SSSR count). The lowest BCUT2D eigenvalue weighted by molar-refractivity contribution is -0.127. The van der Waals surface area contributed by atoms with Gasteiger partial charge in [-0.05, 0) is 48.5 Å². The molecular weight excluding hydrogens is 518 g/mol. The molecule has 0 aromatic heterocycles. The van der Waals surface area contributed by atoms with Crippen molar-refractivity contribution >= 4 is 31.6 Å². The molecule has 1 unspecified atom stereocenters. The van der Waals surface area contributed by atoms with Crippen LogP contribution in [0.3, 0.4) is 0 Å². The molecule has 0 fully saturated rings. The number of rotatable bonds is 9. The fourth-order valence-corrected chi connectivity index (χ4v) is 6.06. The Morgan fingerprint density at radius 2 is 1.59 bits per heavy atom. The van der Waals surface area contributed by atoms with Crippen molar-refractivity contribution in [2.24, 2.45) is 0 Å². The molecule has 10 nitrogen and oxygen atoms in total. The lowest BCUT2D eigenvalue weighted by atomic mass is 10.2. The number of ether oxygens (including phenoxy) is 2. The number of nitrogens with zero attached hydrogens (tertiary/aromatic N) is 2. The zero-order valence-corrected chi connectivity index (χ0v) is 21.9. The maximum atomic E-state index is 13.3. The van der Waals surface area contributed by atoms with Gasteiger partial charge in [-0.25, -0.2) is 21.1 Å². The number of carbonyl (C=O) groups is 1. The van der Waals surface area contributed by atoms with Crippen LogP contribution < -0.4 is 19.1 Å². The Balaban J connectivity index is 1.38. The molecule has 3 aromatic carbocycles. The van der Waals surface area contributed by atoms with Crippen LogP contribution in [0.5, 0.6) is 11.5 Å². The van der Waals surface area contributed by atoms with Crippen LogP contribution in [0.15, 0.2) is 88.7 Å². The summed E-state index contributed by atoms with van der Waals surface area (Å²) in [6.07, 6.45) is -1.07. The van der Waals surface area contributed by atoms with Gasteiger partial charge in [-0.3, -0.25) is 9.10 Å². The Labute approximate surface area is 216 Å². The van der Waals surface area contributed by atoms with Gasteiger partial charge < -0.3 is 14.8 Å². The van der Waals surface area contributed by atoms with Gasteiger partial charge in [0.2, 0.25) is 10.0 Å². The van der Waals surface area contributed by atoms with Crippen LogP contribution in [-0.4, -0.2) is 66.9 Å². The molecule has 1 aliphatic rings. The van der Waals surface area contributed by atoms with E-state index in [1.807, 2.05) is 0 Å². The van der Waals surface area contributed by atoms with Gasteiger partial charge in [-0.1, -0.05) is 30.3 Å². The average molecular weight is 546 g/mol. The van der Waals surface area contributed by atoms with Crippen molar-refractivity contribution in [3.05, 3.63) is 78.9 Å². The number of amides is 1. The summed E-state index contributed by atoms with van der Waals surface area (Å²) < 4.78 is 64.7. The van der Waals surface area contributed by atoms with Gasteiger partial charge in [0.05, 0.1) is 28.6 Å². The van der Waals surface area contributed by atoms with E-state index in [0.29, 0.717) is 11.4 Å². The third kappa shape index (κ3) is 5.71. The van der Waals surface area contributed by atoms with Crippen molar-refractivity contribution in [2.45, 2.75) is 15.9 Å². The fraction of sp³-hybridized carbons (Fsp3) is 0.240. The number of fused-ring (bicyclic) bond motifs is 1. The summed E-state index contributed by atoms with van der Waals surface area (Å²) >= 11 is 0. The lowest BCUT2D eigenvalue weighted by Crippen LogP contribution is -2.51. The van der Waals surface area contributed by atoms with Gasteiger partial charge in [0.15, 0.2) is 6.10 Å². The molecule has 1 heterocycles. The smallest absolute Gasteiger partial charge is 0.264 e. The third-order valence-electron chi connectivity index (χ3n) is 5.63. The van der Waals surface area contributed by atoms with Gasteiger partial charge in [0.1, 0.15) is 18.1 Å². The van der Waals surface area contributed by atoms with E-state index in [1.165, 1.54) is 54.8 Å². The number of hydrogen-bond donors (Lipinski definition) is 1. The van der Waals surface area contributed by atoms with Crippen LogP contribution in [-0.2, 0) is 24.8 Å². The van der Waals surface area contributed by atoms with E-state index in [9.17, 15) is 21.6 Å². The monoisotopic (exact) mass is 545 g/mol. The van der Waals surface area contributed by atoms with Crippen LogP contribution in [0.25, 0.3) is 0 Å². The van der Waals surface area contributed by atoms with Gasteiger partial charge in [0.25, 0.3) is 15.9 Å². The van der Waals surface area contributed by atoms with Crippen molar-refractivity contribution in [1.82, 2.24) is 9.62 Å². The Hall–Kier alpha value is -3.61. The predicted octanol–water partition coefficient (Wildman–Crippen LogP) is 2.09. The normalized spacial score (nSPS) is 15.5. The summed E-state index contributed by atoms with van der Waals surface area (Å²) in [7, 11) is -4.55. The van der Waals surface area contributed by atoms with Crippen LogP contribution in [0.1, 0.15) is 0 Å². The maximum absolute atomic E-state index is 13.3. The summed E-state index contributed by atoms with van der Waals surface area (Å²) in [6, 6.07) is 20.6. The zero-order chi connectivity index (χ0) is 26.6. The molecule has 0 saturated carbocycles. The van der Waals surface area contributed by atoms with Gasteiger partial charge in [0, 0.05) is 14.1 Å². The second-order valence-corrected chi connectivity index (χ2v) is 12.3. The molecule has 0 aliphatic carbocycles. The number of nitrogens with one attached hydrogen (secondary N) is 1. The molecule has 1 N–H and O–H groups in total. The number of benzene rings is 3. The molecule has 0 radical (unpaired) electrons. The van der Waals surface area contributed by atoms with E-state index < -0.39 is 32.1 Å². The van der Waals surface area contributed by atoms with Crippen molar-refractivity contribution in [2.75, 3.05) is 38.1 Å². The van der Waals surface area contributed by atoms with E-state index in [4.69, 9.17) is 9.47 Å². The topological polar surface area (TPSA) is 122 Å². The number of sulfonamides is 2.